The van der Waals surface area contributed by atoms with Gasteiger partial charge in [-0.05, 0) is 18.6 Å². The van der Waals surface area contributed by atoms with Crippen LogP contribution >= 0.6 is 0 Å². The summed E-state index contributed by atoms with van der Waals surface area (Å²) in [5.41, 5.74) is 7.51. The van der Waals surface area contributed by atoms with Crippen molar-refractivity contribution in [2.45, 2.75) is 45.4 Å². The van der Waals surface area contributed by atoms with Crippen molar-refractivity contribution in [2.75, 3.05) is 18.5 Å². The standard InChI is InChI=1S/C16H27N3/c1-3-4-5-6-7-10-13-19(2)15-12-9-8-11-14(15)16(17)18/h8-9,11-12H,3-7,10,13H2,1-2H3,(H3,17,18). The smallest absolute Gasteiger partial charge is 0.124 e. The maximum Gasteiger partial charge on any atom is 0.124 e. The Labute approximate surface area is 117 Å². The van der Waals surface area contributed by atoms with Crippen molar-refractivity contribution in [3.63, 3.8) is 0 Å². The molecule has 0 bridgehead atoms. The molecule has 0 atom stereocenters. The van der Waals surface area contributed by atoms with Gasteiger partial charge in [0.2, 0.25) is 0 Å². The first-order valence-electron chi connectivity index (χ1n) is 7.31. The van der Waals surface area contributed by atoms with Crippen LogP contribution in [-0.4, -0.2) is 19.4 Å². The quantitative estimate of drug-likeness (QED) is 0.404. The lowest BCUT2D eigenvalue weighted by atomic mass is 10.1. The van der Waals surface area contributed by atoms with Gasteiger partial charge in [0.05, 0.1) is 0 Å². The molecule has 0 saturated carbocycles. The number of nitrogens with zero attached hydrogens (tertiary/aromatic N) is 1. The lowest BCUT2D eigenvalue weighted by molar-refractivity contribution is 0.606. The zero-order valence-electron chi connectivity index (χ0n) is 12.3. The molecule has 0 aliphatic carbocycles. The van der Waals surface area contributed by atoms with Crippen LogP contribution in [0.5, 0.6) is 0 Å². The van der Waals surface area contributed by atoms with Gasteiger partial charge in [0, 0.05) is 24.8 Å². The van der Waals surface area contributed by atoms with Crippen molar-refractivity contribution in [1.29, 1.82) is 5.41 Å². The van der Waals surface area contributed by atoms with E-state index in [1.807, 2.05) is 24.3 Å². The highest BCUT2D eigenvalue weighted by Crippen LogP contribution is 2.19. The molecule has 0 spiro atoms. The van der Waals surface area contributed by atoms with Crippen molar-refractivity contribution in [1.82, 2.24) is 0 Å². The molecule has 3 N–H and O–H groups in total. The van der Waals surface area contributed by atoms with E-state index in [9.17, 15) is 0 Å². The van der Waals surface area contributed by atoms with E-state index in [2.05, 4.69) is 18.9 Å². The summed E-state index contributed by atoms with van der Waals surface area (Å²) >= 11 is 0. The van der Waals surface area contributed by atoms with Gasteiger partial charge in [-0.3, -0.25) is 5.41 Å². The Morgan fingerprint density at radius 1 is 1.11 bits per heavy atom. The number of rotatable bonds is 9. The van der Waals surface area contributed by atoms with Crippen LogP contribution in [0.4, 0.5) is 5.69 Å². The second-order valence-corrected chi connectivity index (χ2v) is 5.12. The van der Waals surface area contributed by atoms with Crippen molar-refractivity contribution >= 4 is 11.5 Å². The molecule has 0 saturated heterocycles. The van der Waals surface area contributed by atoms with Gasteiger partial charge < -0.3 is 10.6 Å². The zero-order chi connectivity index (χ0) is 14.1. The Morgan fingerprint density at radius 3 is 2.42 bits per heavy atom. The lowest BCUT2D eigenvalue weighted by Gasteiger charge is -2.22. The lowest BCUT2D eigenvalue weighted by Crippen LogP contribution is -2.23. The first kappa shape index (κ1) is 15.5. The van der Waals surface area contributed by atoms with Crippen molar-refractivity contribution in [2.24, 2.45) is 5.73 Å². The first-order chi connectivity index (χ1) is 9.16. The molecule has 1 aromatic carbocycles. The van der Waals surface area contributed by atoms with E-state index in [0.717, 1.165) is 17.8 Å². The SMILES string of the molecule is CCCCCCCCN(C)c1ccccc1C(=N)N. The summed E-state index contributed by atoms with van der Waals surface area (Å²) < 4.78 is 0. The number of nitrogen functional groups attached to an aromatic ring is 1. The van der Waals surface area contributed by atoms with Crippen LogP contribution in [0, 0.1) is 5.41 Å². The summed E-state index contributed by atoms with van der Waals surface area (Å²) in [6.07, 6.45) is 7.81. The summed E-state index contributed by atoms with van der Waals surface area (Å²) in [6.45, 7) is 3.27. The van der Waals surface area contributed by atoms with E-state index in [-0.39, 0.29) is 5.84 Å². The topological polar surface area (TPSA) is 53.1 Å². The third kappa shape index (κ3) is 5.33. The molecule has 0 unspecified atom stereocenters. The fourth-order valence-corrected chi connectivity index (χ4v) is 2.28. The molecule has 19 heavy (non-hydrogen) atoms. The molecule has 3 heteroatoms. The molecule has 0 aliphatic heterocycles. The molecule has 1 aromatic rings. The molecular weight excluding hydrogens is 234 g/mol. The largest absolute Gasteiger partial charge is 0.384 e. The van der Waals surface area contributed by atoms with Gasteiger partial charge in [-0.1, -0.05) is 51.2 Å². The van der Waals surface area contributed by atoms with Crippen molar-refractivity contribution < 1.29 is 0 Å². The number of nitrogens with two attached hydrogens (primary N) is 1. The second kappa shape index (κ2) is 8.57. The number of amidine groups is 1. The van der Waals surface area contributed by atoms with E-state index in [1.165, 1.54) is 38.5 Å². The Balaban J connectivity index is 2.41. The predicted molar refractivity (Wildman–Crippen MR) is 84.1 cm³/mol. The number of anilines is 1. The third-order valence-electron chi connectivity index (χ3n) is 3.45. The van der Waals surface area contributed by atoms with Gasteiger partial charge in [-0.2, -0.15) is 0 Å². The highest BCUT2D eigenvalue weighted by Gasteiger charge is 2.08. The molecule has 0 amide bonds. The van der Waals surface area contributed by atoms with Crippen LogP contribution in [0.2, 0.25) is 0 Å². The summed E-state index contributed by atoms with van der Waals surface area (Å²) in [6, 6.07) is 7.88. The Morgan fingerprint density at radius 2 is 1.74 bits per heavy atom. The average Bonchev–Trinajstić information content (AvgIpc) is 2.42. The number of para-hydroxylation sites is 1. The third-order valence-corrected chi connectivity index (χ3v) is 3.45. The van der Waals surface area contributed by atoms with Gasteiger partial charge in [0.1, 0.15) is 5.84 Å². The Bertz CT molecular complexity index is 387. The van der Waals surface area contributed by atoms with E-state index in [4.69, 9.17) is 11.1 Å². The van der Waals surface area contributed by atoms with Gasteiger partial charge in [0.25, 0.3) is 0 Å². The fourth-order valence-electron chi connectivity index (χ4n) is 2.28. The summed E-state index contributed by atoms with van der Waals surface area (Å²) in [5, 5.41) is 7.61. The molecule has 0 aromatic heterocycles. The van der Waals surface area contributed by atoms with Crippen LogP contribution < -0.4 is 10.6 Å². The minimum absolute atomic E-state index is 0.144. The van der Waals surface area contributed by atoms with E-state index >= 15 is 0 Å². The van der Waals surface area contributed by atoms with Crippen molar-refractivity contribution in [3.05, 3.63) is 29.8 Å². The van der Waals surface area contributed by atoms with Gasteiger partial charge in [-0.15, -0.1) is 0 Å². The Hall–Kier alpha value is -1.51. The molecule has 1 rings (SSSR count). The minimum atomic E-state index is 0.144. The molecular formula is C16H27N3. The zero-order valence-corrected chi connectivity index (χ0v) is 12.3. The summed E-state index contributed by atoms with van der Waals surface area (Å²) in [5.74, 6) is 0.144. The number of nitrogens with one attached hydrogen (secondary N) is 1. The number of hydrogen-bond acceptors (Lipinski definition) is 2. The fraction of sp³-hybridized carbons (Fsp3) is 0.562. The normalized spacial score (nSPS) is 10.4. The molecule has 0 heterocycles. The van der Waals surface area contributed by atoms with E-state index < -0.39 is 0 Å². The minimum Gasteiger partial charge on any atom is -0.384 e. The molecule has 106 valence electrons. The van der Waals surface area contributed by atoms with Gasteiger partial charge in [0.15, 0.2) is 0 Å². The van der Waals surface area contributed by atoms with Crippen LogP contribution in [0.3, 0.4) is 0 Å². The molecule has 0 radical (unpaired) electrons. The molecule has 0 fully saturated rings. The highest BCUT2D eigenvalue weighted by atomic mass is 15.1. The number of hydrogen-bond donors (Lipinski definition) is 2. The first-order valence-corrected chi connectivity index (χ1v) is 7.31. The summed E-state index contributed by atoms with van der Waals surface area (Å²) in [4.78, 5) is 2.20. The maximum atomic E-state index is 7.61. The van der Waals surface area contributed by atoms with Crippen LogP contribution in [0.1, 0.15) is 51.0 Å². The van der Waals surface area contributed by atoms with E-state index in [0.29, 0.717) is 0 Å². The van der Waals surface area contributed by atoms with E-state index in [1.54, 1.807) is 0 Å². The predicted octanol–water partition coefficient (Wildman–Crippen LogP) is 3.77. The molecule has 0 aliphatic rings. The van der Waals surface area contributed by atoms with Crippen molar-refractivity contribution in [3.8, 4) is 0 Å². The number of benzene rings is 1. The average molecular weight is 261 g/mol. The maximum absolute atomic E-state index is 7.61. The van der Waals surface area contributed by atoms with Gasteiger partial charge in [-0.25, -0.2) is 0 Å². The monoisotopic (exact) mass is 261 g/mol. The van der Waals surface area contributed by atoms with Gasteiger partial charge >= 0.3 is 0 Å². The summed E-state index contributed by atoms with van der Waals surface area (Å²) in [7, 11) is 2.08. The molecule has 3 nitrogen and oxygen atoms in total. The highest BCUT2D eigenvalue weighted by molar-refractivity contribution is 6.00. The van der Waals surface area contributed by atoms with Crippen LogP contribution in [-0.2, 0) is 0 Å². The number of unbranched alkanes of at least 4 members (excludes halogenated alkanes) is 5. The van der Waals surface area contributed by atoms with Crippen LogP contribution in [0.25, 0.3) is 0 Å². The second-order valence-electron chi connectivity index (χ2n) is 5.12. The Kier molecular flexibility index (Phi) is 7.01. The van der Waals surface area contributed by atoms with Crippen LogP contribution in [0.15, 0.2) is 24.3 Å².